The third-order valence-corrected chi connectivity index (χ3v) is 3.21. The zero-order valence-electron chi connectivity index (χ0n) is 11.4. The molecule has 0 aliphatic heterocycles. The lowest BCUT2D eigenvalue weighted by molar-refractivity contribution is -0.118. The van der Waals surface area contributed by atoms with Crippen LogP contribution in [0.25, 0.3) is 10.9 Å². The summed E-state index contributed by atoms with van der Waals surface area (Å²) in [4.78, 5) is 10.9. The summed E-state index contributed by atoms with van der Waals surface area (Å²) in [6.45, 7) is 4.67. The Balaban J connectivity index is 2.23. The molecule has 0 aliphatic carbocycles. The number of hydrogen-bond donors (Lipinski definition) is 2. The van der Waals surface area contributed by atoms with Gasteiger partial charge in [0.15, 0.2) is 0 Å². The molecule has 0 radical (unpaired) electrons. The van der Waals surface area contributed by atoms with Gasteiger partial charge in [-0.1, -0.05) is 25.1 Å². The van der Waals surface area contributed by atoms with E-state index in [-0.39, 0.29) is 5.91 Å². The lowest BCUT2D eigenvalue weighted by atomic mass is 10.2. The third kappa shape index (κ3) is 3.35. The van der Waals surface area contributed by atoms with Crippen molar-refractivity contribution in [2.24, 2.45) is 5.73 Å². The van der Waals surface area contributed by atoms with Crippen LogP contribution in [0.1, 0.15) is 25.3 Å². The number of para-hydroxylation sites is 1. The van der Waals surface area contributed by atoms with Gasteiger partial charge in [0, 0.05) is 36.6 Å². The first-order valence-corrected chi connectivity index (χ1v) is 6.78. The summed E-state index contributed by atoms with van der Waals surface area (Å²) in [6.07, 6.45) is 3.62. The van der Waals surface area contributed by atoms with Gasteiger partial charge in [0.1, 0.15) is 0 Å². The number of aromatic nitrogens is 1. The Hall–Kier alpha value is -1.81. The zero-order valence-corrected chi connectivity index (χ0v) is 11.4. The largest absolute Gasteiger partial charge is 0.370 e. The van der Waals surface area contributed by atoms with Crippen LogP contribution < -0.4 is 11.1 Å². The highest BCUT2D eigenvalue weighted by Gasteiger charge is 2.08. The highest BCUT2D eigenvalue weighted by Crippen LogP contribution is 2.21. The molecule has 2 rings (SSSR count). The van der Waals surface area contributed by atoms with E-state index in [2.05, 4.69) is 35.1 Å². The average molecular weight is 259 g/mol. The molecule has 0 atom stereocenters. The number of nitrogens with zero attached hydrogens (tertiary/aromatic N) is 1. The quantitative estimate of drug-likeness (QED) is 0.747. The second kappa shape index (κ2) is 6.38. The number of carbonyl (C=O) groups is 1. The maximum atomic E-state index is 10.9. The molecule has 4 nitrogen and oxygen atoms in total. The van der Waals surface area contributed by atoms with Crippen LogP contribution in [0.15, 0.2) is 30.5 Å². The number of nitrogens with two attached hydrogens (primary N) is 1. The number of fused-ring (bicyclic) bond motifs is 1. The van der Waals surface area contributed by atoms with E-state index in [1.54, 1.807) is 0 Å². The van der Waals surface area contributed by atoms with Gasteiger partial charge in [-0.25, -0.2) is 0 Å². The summed E-state index contributed by atoms with van der Waals surface area (Å²) < 4.78 is 2.11. The Kier molecular flexibility index (Phi) is 4.58. The normalized spacial score (nSPS) is 11.0. The minimum absolute atomic E-state index is 0.261. The smallest absolute Gasteiger partial charge is 0.219 e. The molecule has 0 saturated heterocycles. The van der Waals surface area contributed by atoms with E-state index in [1.807, 2.05) is 12.1 Å². The topological polar surface area (TPSA) is 60.1 Å². The van der Waals surface area contributed by atoms with E-state index in [4.69, 9.17) is 5.73 Å². The maximum absolute atomic E-state index is 10.9. The number of rotatable bonds is 7. The summed E-state index contributed by atoms with van der Waals surface area (Å²) in [5.74, 6) is -0.261. The standard InChI is InChI=1S/C15H21N3O/c1-2-8-17-10-12-11-18(9-7-15(16)19)14-6-4-3-5-13(12)14/h3-6,11,17H,2,7-10H2,1H3,(H2,16,19). The zero-order chi connectivity index (χ0) is 13.7. The minimum atomic E-state index is -0.261. The van der Waals surface area contributed by atoms with Crippen LogP contribution in [0.3, 0.4) is 0 Å². The van der Waals surface area contributed by atoms with Gasteiger partial charge in [-0.3, -0.25) is 4.79 Å². The number of primary amides is 1. The van der Waals surface area contributed by atoms with E-state index in [1.165, 1.54) is 10.9 Å². The molecular formula is C15H21N3O. The Morgan fingerprint density at radius 1 is 1.37 bits per heavy atom. The second-order valence-electron chi connectivity index (χ2n) is 4.76. The number of aryl methyl sites for hydroxylation is 1. The van der Waals surface area contributed by atoms with Crippen LogP contribution in [-0.4, -0.2) is 17.0 Å². The Labute approximate surface area is 113 Å². The molecule has 2 aromatic rings. The Bertz CT molecular complexity index is 560. The van der Waals surface area contributed by atoms with Crippen molar-refractivity contribution in [2.75, 3.05) is 6.54 Å². The van der Waals surface area contributed by atoms with Crippen molar-refractivity contribution in [3.63, 3.8) is 0 Å². The predicted octanol–water partition coefficient (Wildman–Crippen LogP) is 2.02. The molecule has 0 unspecified atom stereocenters. The lowest BCUT2D eigenvalue weighted by Crippen LogP contribution is -2.14. The maximum Gasteiger partial charge on any atom is 0.219 e. The molecule has 0 aliphatic rings. The molecule has 1 aromatic heterocycles. The van der Waals surface area contributed by atoms with Gasteiger partial charge in [0.05, 0.1) is 0 Å². The van der Waals surface area contributed by atoms with E-state index in [9.17, 15) is 4.79 Å². The molecule has 1 heterocycles. The third-order valence-electron chi connectivity index (χ3n) is 3.21. The summed E-state index contributed by atoms with van der Waals surface area (Å²) in [5, 5.41) is 4.66. The fraction of sp³-hybridized carbons (Fsp3) is 0.400. The van der Waals surface area contributed by atoms with Crippen molar-refractivity contribution in [3.8, 4) is 0 Å². The fourth-order valence-corrected chi connectivity index (χ4v) is 2.28. The van der Waals surface area contributed by atoms with Crippen molar-refractivity contribution in [1.82, 2.24) is 9.88 Å². The van der Waals surface area contributed by atoms with Gasteiger partial charge in [-0.15, -0.1) is 0 Å². The molecule has 3 N–H and O–H groups in total. The van der Waals surface area contributed by atoms with Crippen LogP contribution in [0, 0.1) is 0 Å². The van der Waals surface area contributed by atoms with E-state index in [0.29, 0.717) is 13.0 Å². The Morgan fingerprint density at radius 2 is 2.16 bits per heavy atom. The first-order valence-electron chi connectivity index (χ1n) is 6.78. The number of benzene rings is 1. The van der Waals surface area contributed by atoms with Crippen molar-refractivity contribution in [2.45, 2.75) is 32.9 Å². The van der Waals surface area contributed by atoms with Crippen LogP contribution in [0.4, 0.5) is 0 Å². The molecule has 0 spiro atoms. The first kappa shape index (κ1) is 13.6. The van der Waals surface area contributed by atoms with Crippen molar-refractivity contribution in [3.05, 3.63) is 36.0 Å². The number of nitrogens with one attached hydrogen (secondary N) is 1. The molecular weight excluding hydrogens is 238 g/mol. The average Bonchev–Trinajstić information content (AvgIpc) is 2.76. The second-order valence-corrected chi connectivity index (χ2v) is 4.76. The monoisotopic (exact) mass is 259 g/mol. The van der Waals surface area contributed by atoms with Crippen LogP contribution in [0.2, 0.25) is 0 Å². The molecule has 0 bridgehead atoms. The van der Waals surface area contributed by atoms with Gasteiger partial charge < -0.3 is 15.6 Å². The summed E-state index contributed by atoms with van der Waals surface area (Å²) in [6, 6.07) is 8.27. The Morgan fingerprint density at radius 3 is 2.89 bits per heavy atom. The molecule has 0 fully saturated rings. The molecule has 1 aromatic carbocycles. The number of carbonyl (C=O) groups excluding carboxylic acids is 1. The molecule has 0 saturated carbocycles. The molecule has 1 amide bonds. The van der Waals surface area contributed by atoms with Crippen LogP contribution in [-0.2, 0) is 17.9 Å². The van der Waals surface area contributed by atoms with Gasteiger partial charge in [0.2, 0.25) is 5.91 Å². The van der Waals surface area contributed by atoms with E-state index < -0.39 is 0 Å². The first-order chi connectivity index (χ1) is 9.22. The molecule has 4 heteroatoms. The summed E-state index contributed by atoms with van der Waals surface area (Å²) in [7, 11) is 0. The van der Waals surface area contributed by atoms with Gasteiger partial charge in [0.25, 0.3) is 0 Å². The highest BCUT2D eigenvalue weighted by molar-refractivity contribution is 5.84. The van der Waals surface area contributed by atoms with Crippen molar-refractivity contribution < 1.29 is 4.79 Å². The van der Waals surface area contributed by atoms with Crippen molar-refractivity contribution in [1.29, 1.82) is 0 Å². The van der Waals surface area contributed by atoms with Gasteiger partial charge >= 0.3 is 0 Å². The molecule has 19 heavy (non-hydrogen) atoms. The van der Waals surface area contributed by atoms with Gasteiger partial charge in [-0.05, 0) is 24.6 Å². The predicted molar refractivity (Wildman–Crippen MR) is 77.7 cm³/mol. The van der Waals surface area contributed by atoms with Crippen LogP contribution >= 0.6 is 0 Å². The fourth-order valence-electron chi connectivity index (χ4n) is 2.28. The number of amides is 1. The highest BCUT2D eigenvalue weighted by atomic mass is 16.1. The number of hydrogen-bond acceptors (Lipinski definition) is 2. The van der Waals surface area contributed by atoms with E-state index >= 15 is 0 Å². The summed E-state index contributed by atoms with van der Waals surface area (Å²) in [5.41, 5.74) is 7.66. The van der Waals surface area contributed by atoms with Crippen LogP contribution in [0.5, 0.6) is 0 Å². The molecule has 102 valence electrons. The van der Waals surface area contributed by atoms with Gasteiger partial charge in [-0.2, -0.15) is 0 Å². The SMILES string of the molecule is CCCNCc1cn(CCC(N)=O)c2ccccc12. The lowest BCUT2D eigenvalue weighted by Gasteiger charge is -2.02. The minimum Gasteiger partial charge on any atom is -0.370 e. The van der Waals surface area contributed by atoms with Crippen molar-refractivity contribution >= 4 is 16.8 Å². The van der Waals surface area contributed by atoms with E-state index in [0.717, 1.165) is 25.0 Å². The summed E-state index contributed by atoms with van der Waals surface area (Å²) >= 11 is 0.